The highest BCUT2D eigenvalue weighted by Crippen LogP contribution is 2.34. The number of rotatable bonds is 6. The number of nitrogens with one attached hydrogen (secondary N) is 1. The molecule has 0 aromatic heterocycles. The van der Waals surface area contributed by atoms with Crippen molar-refractivity contribution in [3.8, 4) is 0 Å². The molecule has 0 bridgehead atoms. The van der Waals surface area contributed by atoms with Crippen LogP contribution in [-0.2, 0) is 16.0 Å². The van der Waals surface area contributed by atoms with Crippen LogP contribution in [0.3, 0.4) is 0 Å². The SMILES string of the molecule is CCCc1ccc(C(NC)C(C)(C)C(=O)OC)cc1. The third kappa shape index (κ3) is 3.57. The number of carbonyl (C=O) groups excluding carboxylic acids is 1. The highest BCUT2D eigenvalue weighted by atomic mass is 16.5. The summed E-state index contributed by atoms with van der Waals surface area (Å²) in [7, 11) is 3.30. The summed E-state index contributed by atoms with van der Waals surface area (Å²) < 4.78 is 4.90. The molecule has 0 saturated carbocycles. The minimum atomic E-state index is -0.601. The summed E-state index contributed by atoms with van der Waals surface area (Å²) in [5.41, 5.74) is 1.84. The molecule has 0 fully saturated rings. The third-order valence-electron chi connectivity index (χ3n) is 3.57. The van der Waals surface area contributed by atoms with Gasteiger partial charge in [0.1, 0.15) is 0 Å². The summed E-state index contributed by atoms with van der Waals surface area (Å²) in [6, 6.07) is 8.40. The lowest BCUT2D eigenvalue weighted by atomic mass is 9.80. The minimum absolute atomic E-state index is 0.0596. The Balaban J connectivity index is 2.99. The van der Waals surface area contributed by atoms with Crippen molar-refractivity contribution >= 4 is 5.97 Å². The molecule has 19 heavy (non-hydrogen) atoms. The van der Waals surface area contributed by atoms with Gasteiger partial charge in [-0.05, 0) is 38.4 Å². The highest BCUT2D eigenvalue weighted by molar-refractivity contribution is 5.77. The lowest BCUT2D eigenvalue weighted by Gasteiger charge is -2.32. The predicted octanol–water partition coefficient (Wildman–Crippen LogP) is 3.10. The van der Waals surface area contributed by atoms with Gasteiger partial charge in [0.2, 0.25) is 0 Å². The third-order valence-corrected chi connectivity index (χ3v) is 3.57. The van der Waals surface area contributed by atoms with Crippen LogP contribution in [0.1, 0.15) is 44.4 Å². The zero-order valence-corrected chi connectivity index (χ0v) is 12.6. The molecule has 3 nitrogen and oxygen atoms in total. The summed E-state index contributed by atoms with van der Waals surface area (Å²) in [5, 5.41) is 3.22. The standard InChI is InChI=1S/C16H25NO2/c1-6-7-12-8-10-13(11-9-12)14(17-4)16(2,3)15(18)19-5/h8-11,14,17H,6-7H2,1-5H3. The van der Waals surface area contributed by atoms with E-state index in [9.17, 15) is 4.79 Å². The van der Waals surface area contributed by atoms with Crippen LogP contribution in [-0.4, -0.2) is 20.1 Å². The van der Waals surface area contributed by atoms with Gasteiger partial charge < -0.3 is 10.1 Å². The van der Waals surface area contributed by atoms with Crippen LogP contribution < -0.4 is 5.32 Å². The average Bonchev–Trinajstić information content (AvgIpc) is 2.40. The Labute approximate surface area is 116 Å². The van der Waals surface area contributed by atoms with Gasteiger partial charge in [0.25, 0.3) is 0 Å². The zero-order chi connectivity index (χ0) is 14.5. The monoisotopic (exact) mass is 263 g/mol. The molecule has 0 spiro atoms. The first-order chi connectivity index (χ1) is 8.97. The number of methoxy groups -OCH3 is 1. The maximum Gasteiger partial charge on any atom is 0.313 e. The largest absolute Gasteiger partial charge is 0.469 e. The summed E-state index contributed by atoms with van der Waals surface area (Å²) in [5.74, 6) is -0.204. The molecule has 0 aliphatic carbocycles. The number of hydrogen-bond acceptors (Lipinski definition) is 3. The first kappa shape index (κ1) is 15.7. The Morgan fingerprint density at radius 1 is 1.32 bits per heavy atom. The van der Waals surface area contributed by atoms with E-state index in [1.54, 1.807) is 0 Å². The average molecular weight is 263 g/mol. The van der Waals surface area contributed by atoms with Crippen LogP contribution in [0.25, 0.3) is 0 Å². The van der Waals surface area contributed by atoms with Crippen molar-refractivity contribution < 1.29 is 9.53 Å². The van der Waals surface area contributed by atoms with E-state index in [1.807, 2.05) is 20.9 Å². The lowest BCUT2D eigenvalue weighted by molar-refractivity contribution is -0.152. The lowest BCUT2D eigenvalue weighted by Crippen LogP contribution is -2.39. The second-order valence-corrected chi connectivity index (χ2v) is 5.43. The van der Waals surface area contributed by atoms with E-state index in [2.05, 4.69) is 36.5 Å². The first-order valence-corrected chi connectivity index (χ1v) is 6.81. The Hall–Kier alpha value is -1.35. The Bertz CT molecular complexity index is 409. The number of hydrogen-bond donors (Lipinski definition) is 1. The molecule has 1 aromatic carbocycles. The van der Waals surface area contributed by atoms with Crippen molar-refractivity contribution in [3.63, 3.8) is 0 Å². The summed E-state index contributed by atoms with van der Waals surface area (Å²) in [4.78, 5) is 11.9. The number of carbonyl (C=O) groups is 1. The molecule has 1 atom stereocenters. The molecule has 1 N–H and O–H groups in total. The zero-order valence-electron chi connectivity index (χ0n) is 12.6. The van der Waals surface area contributed by atoms with Gasteiger partial charge in [0.05, 0.1) is 12.5 Å². The van der Waals surface area contributed by atoms with Crippen molar-refractivity contribution in [1.82, 2.24) is 5.32 Å². The molecule has 0 aliphatic rings. The molecular formula is C16H25NO2. The van der Waals surface area contributed by atoms with E-state index in [0.717, 1.165) is 18.4 Å². The topological polar surface area (TPSA) is 38.3 Å². The predicted molar refractivity (Wildman–Crippen MR) is 78.0 cm³/mol. The fraction of sp³-hybridized carbons (Fsp3) is 0.562. The van der Waals surface area contributed by atoms with Crippen molar-refractivity contribution in [2.45, 2.75) is 39.7 Å². The quantitative estimate of drug-likeness (QED) is 0.801. The fourth-order valence-corrected chi connectivity index (χ4v) is 2.49. The summed E-state index contributed by atoms with van der Waals surface area (Å²) in [6.45, 7) is 5.98. The van der Waals surface area contributed by atoms with Crippen molar-refractivity contribution in [1.29, 1.82) is 0 Å². The van der Waals surface area contributed by atoms with Gasteiger partial charge in [0.15, 0.2) is 0 Å². The van der Waals surface area contributed by atoms with E-state index in [-0.39, 0.29) is 12.0 Å². The molecule has 0 aliphatic heterocycles. The van der Waals surface area contributed by atoms with Gasteiger partial charge in [-0.2, -0.15) is 0 Å². The molecular weight excluding hydrogens is 238 g/mol. The normalized spacial score (nSPS) is 13.1. The van der Waals surface area contributed by atoms with Gasteiger partial charge in [-0.3, -0.25) is 4.79 Å². The maximum atomic E-state index is 11.9. The van der Waals surface area contributed by atoms with Gasteiger partial charge in [-0.15, -0.1) is 0 Å². The van der Waals surface area contributed by atoms with Crippen LogP contribution >= 0.6 is 0 Å². The van der Waals surface area contributed by atoms with Crippen molar-refractivity contribution in [2.24, 2.45) is 5.41 Å². The van der Waals surface area contributed by atoms with Crippen molar-refractivity contribution in [3.05, 3.63) is 35.4 Å². The second-order valence-electron chi connectivity index (χ2n) is 5.43. The van der Waals surface area contributed by atoms with Crippen LogP contribution in [0.5, 0.6) is 0 Å². The number of benzene rings is 1. The second kappa shape index (κ2) is 6.71. The molecule has 1 unspecified atom stereocenters. The van der Waals surface area contributed by atoms with Gasteiger partial charge in [-0.1, -0.05) is 37.6 Å². The molecule has 106 valence electrons. The molecule has 3 heteroatoms. The molecule has 1 rings (SSSR count). The number of esters is 1. The molecule has 0 radical (unpaired) electrons. The van der Waals surface area contributed by atoms with E-state index < -0.39 is 5.41 Å². The van der Waals surface area contributed by atoms with Gasteiger partial charge in [-0.25, -0.2) is 0 Å². The van der Waals surface area contributed by atoms with E-state index in [4.69, 9.17) is 4.74 Å². The smallest absolute Gasteiger partial charge is 0.313 e. The molecule has 0 amide bonds. The minimum Gasteiger partial charge on any atom is -0.469 e. The van der Waals surface area contributed by atoms with Crippen LogP contribution in [0.4, 0.5) is 0 Å². The van der Waals surface area contributed by atoms with Crippen LogP contribution in [0.15, 0.2) is 24.3 Å². The summed E-state index contributed by atoms with van der Waals surface area (Å²) in [6.07, 6.45) is 2.23. The van der Waals surface area contributed by atoms with E-state index in [0.29, 0.717) is 0 Å². The van der Waals surface area contributed by atoms with Crippen LogP contribution in [0, 0.1) is 5.41 Å². The van der Waals surface area contributed by atoms with Crippen LogP contribution in [0.2, 0.25) is 0 Å². The Morgan fingerprint density at radius 3 is 2.32 bits per heavy atom. The highest BCUT2D eigenvalue weighted by Gasteiger charge is 2.37. The van der Waals surface area contributed by atoms with E-state index in [1.165, 1.54) is 12.7 Å². The first-order valence-electron chi connectivity index (χ1n) is 6.81. The fourth-order valence-electron chi connectivity index (χ4n) is 2.49. The summed E-state index contributed by atoms with van der Waals surface area (Å²) >= 11 is 0. The number of aryl methyl sites for hydroxylation is 1. The van der Waals surface area contributed by atoms with Gasteiger partial charge in [0, 0.05) is 6.04 Å². The van der Waals surface area contributed by atoms with Crippen molar-refractivity contribution in [2.75, 3.05) is 14.2 Å². The molecule has 0 heterocycles. The Morgan fingerprint density at radius 2 is 1.89 bits per heavy atom. The maximum absolute atomic E-state index is 11.9. The van der Waals surface area contributed by atoms with Gasteiger partial charge >= 0.3 is 5.97 Å². The van der Waals surface area contributed by atoms with E-state index >= 15 is 0 Å². The Kier molecular flexibility index (Phi) is 5.55. The molecule has 1 aromatic rings. The number of ether oxygens (including phenoxy) is 1. The molecule has 0 saturated heterocycles.